The standard InChI is InChI=1S/C23H22F3N5O2/c24-23(25,26)33-19-5-3-18(4-6-19)30-22(32)17-10-20(16-2-1-8-28-12-16)21(29-13-17)31-9-7-15(11-27)14-31/h1-6,8,10,12-13,15H,7,9,11,14,27H2,(H,30,32)/t15-/m1/s1. The molecule has 1 fully saturated rings. The summed E-state index contributed by atoms with van der Waals surface area (Å²) in [6, 6.07) is 10.4. The number of carbonyl (C=O) groups excluding carboxylic acids is 1. The van der Waals surface area contributed by atoms with Crippen LogP contribution < -0.4 is 20.7 Å². The van der Waals surface area contributed by atoms with E-state index >= 15 is 0 Å². The highest BCUT2D eigenvalue weighted by molar-refractivity contribution is 6.05. The summed E-state index contributed by atoms with van der Waals surface area (Å²) in [6.45, 7) is 2.21. The van der Waals surface area contributed by atoms with Gasteiger partial charge in [0.2, 0.25) is 0 Å². The third-order valence-corrected chi connectivity index (χ3v) is 5.37. The molecule has 0 aliphatic carbocycles. The minimum atomic E-state index is -4.78. The zero-order valence-electron chi connectivity index (χ0n) is 17.5. The van der Waals surface area contributed by atoms with Crippen molar-refractivity contribution in [1.82, 2.24) is 9.97 Å². The predicted octanol–water partition coefficient (Wildman–Crippen LogP) is 4.08. The monoisotopic (exact) mass is 457 g/mol. The third kappa shape index (κ3) is 5.58. The van der Waals surface area contributed by atoms with Gasteiger partial charge in [-0.15, -0.1) is 13.2 Å². The molecule has 1 aliphatic heterocycles. The van der Waals surface area contributed by atoms with Crippen LogP contribution in [0.2, 0.25) is 0 Å². The molecule has 1 aromatic carbocycles. The van der Waals surface area contributed by atoms with E-state index in [0.717, 1.165) is 48.6 Å². The second-order valence-electron chi connectivity index (χ2n) is 7.70. The number of nitrogens with one attached hydrogen (secondary N) is 1. The average molecular weight is 457 g/mol. The number of nitrogens with two attached hydrogens (primary N) is 1. The van der Waals surface area contributed by atoms with Gasteiger partial charge >= 0.3 is 6.36 Å². The maximum absolute atomic E-state index is 12.8. The van der Waals surface area contributed by atoms with Gasteiger partial charge in [0.15, 0.2) is 0 Å². The molecule has 172 valence electrons. The topological polar surface area (TPSA) is 93.4 Å². The van der Waals surface area contributed by atoms with Crippen LogP contribution in [0.3, 0.4) is 0 Å². The van der Waals surface area contributed by atoms with Gasteiger partial charge in [-0.1, -0.05) is 6.07 Å². The van der Waals surface area contributed by atoms with E-state index in [1.54, 1.807) is 18.5 Å². The van der Waals surface area contributed by atoms with E-state index in [-0.39, 0.29) is 5.75 Å². The van der Waals surface area contributed by atoms with Crippen LogP contribution in [-0.4, -0.2) is 41.9 Å². The van der Waals surface area contributed by atoms with Crippen LogP contribution in [-0.2, 0) is 0 Å². The molecule has 0 radical (unpaired) electrons. The number of amides is 1. The summed E-state index contributed by atoms with van der Waals surface area (Å²) in [5, 5.41) is 2.67. The zero-order chi connectivity index (χ0) is 23.4. The molecule has 3 aromatic rings. The van der Waals surface area contributed by atoms with Crippen molar-refractivity contribution < 1.29 is 22.7 Å². The van der Waals surface area contributed by atoms with E-state index in [2.05, 4.69) is 24.9 Å². The van der Waals surface area contributed by atoms with Gasteiger partial charge in [0, 0.05) is 48.5 Å². The fourth-order valence-electron chi connectivity index (χ4n) is 3.73. The Kier molecular flexibility index (Phi) is 6.45. The van der Waals surface area contributed by atoms with Gasteiger partial charge in [0.25, 0.3) is 5.91 Å². The highest BCUT2D eigenvalue weighted by Crippen LogP contribution is 2.33. The normalized spacial score (nSPS) is 16.0. The molecule has 1 saturated heterocycles. The van der Waals surface area contributed by atoms with Crippen LogP contribution in [0.1, 0.15) is 16.8 Å². The summed E-state index contributed by atoms with van der Waals surface area (Å²) in [4.78, 5) is 23.7. The van der Waals surface area contributed by atoms with Crippen LogP contribution in [0.15, 0.2) is 61.1 Å². The molecule has 0 spiro atoms. The number of aromatic nitrogens is 2. The number of alkyl halides is 3. The molecule has 33 heavy (non-hydrogen) atoms. The van der Waals surface area contributed by atoms with Crippen molar-refractivity contribution in [1.29, 1.82) is 0 Å². The lowest BCUT2D eigenvalue weighted by Crippen LogP contribution is -2.24. The van der Waals surface area contributed by atoms with E-state index in [4.69, 9.17) is 5.73 Å². The van der Waals surface area contributed by atoms with E-state index in [9.17, 15) is 18.0 Å². The summed E-state index contributed by atoms with van der Waals surface area (Å²) < 4.78 is 40.8. The Labute approximate surface area is 188 Å². The van der Waals surface area contributed by atoms with E-state index in [1.807, 2.05) is 12.1 Å². The van der Waals surface area contributed by atoms with Crippen molar-refractivity contribution in [3.8, 4) is 16.9 Å². The molecule has 3 N–H and O–H groups in total. The van der Waals surface area contributed by atoms with Crippen molar-refractivity contribution >= 4 is 17.4 Å². The Morgan fingerprint density at radius 1 is 1.21 bits per heavy atom. The predicted molar refractivity (Wildman–Crippen MR) is 118 cm³/mol. The molecular formula is C23H22F3N5O2. The molecule has 1 aliphatic rings. The van der Waals surface area contributed by atoms with Gasteiger partial charge in [-0.2, -0.15) is 0 Å². The largest absolute Gasteiger partial charge is 0.573 e. The quantitative estimate of drug-likeness (QED) is 0.580. The Bertz CT molecular complexity index is 1110. The van der Waals surface area contributed by atoms with Crippen LogP contribution in [0.5, 0.6) is 5.75 Å². The number of halogens is 3. The number of rotatable bonds is 6. The highest BCUT2D eigenvalue weighted by Gasteiger charge is 2.31. The minimum Gasteiger partial charge on any atom is -0.406 e. The first-order chi connectivity index (χ1) is 15.8. The number of anilines is 2. The molecule has 3 heterocycles. The van der Waals surface area contributed by atoms with Crippen molar-refractivity contribution in [2.45, 2.75) is 12.8 Å². The Hall–Kier alpha value is -3.66. The van der Waals surface area contributed by atoms with Gasteiger partial charge in [-0.05, 0) is 55.3 Å². The number of hydrogen-bond acceptors (Lipinski definition) is 6. The molecule has 0 saturated carbocycles. The first kappa shape index (κ1) is 22.5. The number of hydrogen-bond donors (Lipinski definition) is 2. The Balaban J connectivity index is 1.57. The highest BCUT2D eigenvalue weighted by atomic mass is 19.4. The van der Waals surface area contributed by atoms with Crippen molar-refractivity contribution in [2.75, 3.05) is 29.9 Å². The molecule has 10 heteroatoms. The maximum Gasteiger partial charge on any atom is 0.573 e. The number of nitrogens with zero attached hydrogens (tertiary/aromatic N) is 3. The lowest BCUT2D eigenvalue weighted by molar-refractivity contribution is -0.274. The van der Waals surface area contributed by atoms with Gasteiger partial charge in [-0.3, -0.25) is 9.78 Å². The Morgan fingerprint density at radius 2 is 2.00 bits per heavy atom. The van der Waals surface area contributed by atoms with E-state index in [1.165, 1.54) is 18.3 Å². The molecule has 2 aromatic heterocycles. The van der Waals surface area contributed by atoms with E-state index in [0.29, 0.717) is 23.7 Å². The summed E-state index contributed by atoms with van der Waals surface area (Å²) in [7, 11) is 0. The van der Waals surface area contributed by atoms with Gasteiger partial charge in [0.05, 0.1) is 5.56 Å². The molecular weight excluding hydrogens is 435 g/mol. The third-order valence-electron chi connectivity index (χ3n) is 5.37. The first-order valence-corrected chi connectivity index (χ1v) is 10.3. The van der Waals surface area contributed by atoms with Crippen LogP contribution in [0, 0.1) is 5.92 Å². The lowest BCUT2D eigenvalue weighted by Gasteiger charge is -2.21. The molecule has 0 bridgehead atoms. The molecule has 7 nitrogen and oxygen atoms in total. The number of ether oxygens (including phenoxy) is 1. The maximum atomic E-state index is 12.8. The fourth-order valence-corrected chi connectivity index (χ4v) is 3.73. The van der Waals surface area contributed by atoms with Crippen LogP contribution in [0.4, 0.5) is 24.7 Å². The summed E-state index contributed by atoms with van der Waals surface area (Å²) in [5.41, 5.74) is 8.05. The average Bonchev–Trinajstić information content (AvgIpc) is 3.29. The minimum absolute atomic E-state index is 0.308. The fraction of sp³-hybridized carbons (Fsp3) is 0.261. The molecule has 4 rings (SSSR count). The second-order valence-corrected chi connectivity index (χ2v) is 7.70. The van der Waals surface area contributed by atoms with Gasteiger partial charge in [0.1, 0.15) is 11.6 Å². The smallest absolute Gasteiger partial charge is 0.406 e. The summed E-state index contributed by atoms with van der Waals surface area (Å²) in [6.07, 6.45) is 1.06. The summed E-state index contributed by atoms with van der Waals surface area (Å²) >= 11 is 0. The second kappa shape index (κ2) is 9.45. The van der Waals surface area contributed by atoms with Crippen LogP contribution >= 0.6 is 0 Å². The summed E-state index contributed by atoms with van der Waals surface area (Å²) in [5.74, 6) is 0.335. The van der Waals surface area contributed by atoms with Gasteiger partial charge in [-0.25, -0.2) is 4.98 Å². The van der Waals surface area contributed by atoms with Crippen molar-refractivity contribution in [3.63, 3.8) is 0 Å². The van der Waals surface area contributed by atoms with Crippen molar-refractivity contribution in [3.05, 3.63) is 66.6 Å². The van der Waals surface area contributed by atoms with Gasteiger partial charge < -0.3 is 20.7 Å². The molecule has 0 unspecified atom stereocenters. The van der Waals surface area contributed by atoms with Crippen LogP contribution in [0.25, 0.3) is 11.1 Å². The Morgan fingerprint density at radius 3 is 2.64 bits per heavy atom. The molecule has 1 atom stereocenters. The first-order valence-electron chi connectivity index (χ1n) is 10.3. The number of carbonyl (C=O) groups is 1. The zero-order valence-corrected chi connectivity index (χ0v) is 17.5. The lowest BCUT2D eigenvalue weighted by atomic mass is 10.1. The SMILES string of the molecule is NC[C@H]1CCN(c2ncc(C(=O)Nc3ccc(OC(F)(F)F)cc3)cc2-c2cccnc2)C1. The van der Waals surface area contributed by atoms with E-state index < -0.39 is 12.3 Å². The number of benzene rings is 1. The number of pyridine rings is 2. The van der Waals surface area contributed by atoms with Crippen molar-refractivity contribution in [2.24, 2.45) is 11.7 Å². The molecule has 1 amide bonds.